The summed E-state index contributed by atoms with van der Waals surface area (Å²) in [5.74, 6) is 1.83. The number of benzene rings is 2. The van der Waals surface area contributed by atoms with Crippen molar-refractivity contribution >= 4 is 34.9 Å². The van der Waals surface area contributed by atoms with E-state index in [1.807, 2.05) is 48.5 Å². The van der Waals surface area contributed by atoms with Gasteiger partial charge in [-0.25, -0.2) is 4.98 Å². The largest absolute Gasteiger partial charge is 1.00 e. The molecule has 0 N–H and O–H groups in total. The number of thioether (sulfide) groups is 1. The van der Waals surface area contributed by atoms with Crippen LogP contribution in [0.2, 0.25) is 0 Å². The average molecular weight is 542 g/mol. The molecule has 0 unspecified atom stereocenters. The summed E-state index contributed by atoms with van der Waals surface area (Å²) < 4.78 is 9.24. The Kier molecular flexibility index (Phi) is 8.93. The lowest BCUT2D eigenvalue weighted by Crippen LogP contribution is -3.00. The molecule has 0 saturated heterocycles. The number of quaternary nitrogens is 1. The number of aromatic nitrogens is 2. The fourth-order valence-electron chi connectivity index (χ4n) is 3.07. The van der Waals surface area contributed by atoms with Crippen LogP contribution in [0.4, 0.5) is 0 Å². The number of hydrogen-bond donors (Lipinski definition) is 0. The van der Waals surface area contributed by atoms with Crippen molar-refractivity contribution in [2.24, 2.45) is 0 Å². The first kappa shape index (κ1) is 24.1. The molecule has 3 rings (SSSR count). The molecular weight excluding hydrogens is 513 g/mol. The van der Waals surface area contributed by atoms with Gasteiger partial charge >= 0.3 is 0 Å². The Morgan fingerprint density at radius 2 is 1.72 bits per heavy atom. The van der Waals surface area contributed by atoms with E-state index in [2.05, 4.69) is 25.5 Å². The molecule has 0 fully saturated rings. The third kappa shape index (κ3) is 5.51. The first-order valence-corrected chi connectivity index (χ1v) is 11.0. The summed E-state index contributed by atoms with van der Waals surface area (Å²) in [5, 5.41) is 1.94. The molecule has 0 spiro atoms. The molecule has 0 bridgehead atoms. The molecule has 1 aromatic heterocycles. The van der Waals surface area contributed by atoms with Gasteiger partial charge in [-0.15, -0.1) is 0 Å². The zero-order valence-corrected chi connectivity index (χ0v) is 21.2. The molecular formula is C22H28IN3OS2. The SMILES string of the molecule is CC[N+](C)(CC)CCSc1nc2ccccc2c(=S)n1-c1ccc(OC)cc1.[I-]. The fraction of sp³-hybridized carbons (Fsp3) is 0.364. The van der Waals surface area contributed by atoms with E-state index in [0.717, 1.165) is 62.0 Å². The fourth-order valence-corrected chi connectivity index (χ4v) is 4.69. The molecule has 0 aliphatic carbocycles. The lowest BCUT2D eigenvalue weighted by atomic mass is 10.2. The Morgan fingerprint density at radius 3 is 2.34 bits per heavy atom. The highest BCUT2D eigenvalue weighted by molar-refractivity contribution is 7.99. The van der Waals surface area contributed by atoms with Gasteiger partial charge in [-0.3, -0.25) is 4.57 Å². The maximum absolute atomic E-state index is 5.87. The van der Waals surface area contributed by atoms with Crippen LogP contribution in [0.3, 0.4) is 0 Å². The van der Waals surface area contributed by atoms with E-state index in [9.17, 15) is 0 Å². The van der Waals surface area contributed by atoms with Crippen molar-refractivity contribution in [3.05, 3.63) is 53.2 Å². The molecule has 3 aromatic rings. The van der Waals surface area contributed by atoms with Gasteiger partial charge in [0.15, 0.2) is 5.16 Å². The molecule has 29 heavy (non-hydrogen) atoms. The summed E-state index contributed by atoms with van der Waals surface area (Å²) in [7, 11) is 3.99. The lowest BCUT2D eigenvalue weighted by molar-refractivity contribution is -0.903. The van der Waals surface area contributed by atoms with Crippen molar-refractivity contribution in [2.75, 3.05) is 39.5 Å². The predicted octanol–water partition coefficient (Wildman–Crippen LogP) is 2.35. The van der Waals surface area contributed by atoms with Gasteiger partial charge in [0.05, 0.1) is 45.1 Å². The second kappa shape index (κ2) is 10.7. The highest BCUT2D eigenvalue weighted by Gasteiger charge is 2.17. The van der Waals surface area contributed by atoms with Gasteiger partial charge in [-0.05, 0) is 50.2 Å². The van der Waals surface area contributed by atoms with Gasteiger partial charge in [0.1, 0.15) is 10.4 Å². The van der Waals surface area contributed by atoms with E-state index in [1.165, 1.54) is 0 Å². The van der Waals surface area contributed by atoms with Crippen molar-refractivity contribution in [2.45, 2.75) is 19.0 Å². The summed E-state index contributed by atoms with van der Waals surface area (Å²) in [5.41, 5.74) is 1.96. The van der Waals surface area contributed by atoms with E-state index in [0.29, 0.717) is 0 Å². The molecule has 0 radical (unpaired) electrons. The molecule has 0 aliphatic heterocycles. The Balaban J connectivity index is 0.00000300. The minimum absolute atomic E-state index is 0. The number of halogens is 1. The van der Waals surface area contributed by atoms with E-state index in [1.54, 1.807) is 18.9 Å². The Hall–Kier alpha value is -1.16. The number of hydrogen-bond acceptors (Lipinski definition) is 4. The van der Waals surface area contributed by atoms with Crippen LogP contribution in [0.15, 0.2) is 53.7 Å². The van der Waals surface area contributed by atoms with Crippen LogP contribution in [-0.2, 0) is 0 Å². The van der Waals surface area contributed by atoms with Gasteiger partial charge < -0.3 is 33.2 Å². The molecule has 7 heteroatoms. The third-order valence-corrected chi connectivity index (χ3v) is 6.79. The minimum atomic E-state index is 0. The van der Waals surface area contributed by atoms with Gasteiger partial charge in [-0.2, -0.15) is 0 Å². The highest BCUT2D eigenvalue weighted by Crippen LogP contribution is 2.27. The standard InChI is InChI=1S/C22H28N3OS2.HI/c1-5-25(3,6-2)15-16-28-22-23-20-10-8-7-9-19(20)21(27)24(22)17-11-13-18(26-4)14-12-17;/h7-14H,5-6,15-16H2,1-4H3;1H/q+1;/p-1. The van der Waals surface area contributed by atoms with Crippen LogP contribution in [0.5, 0.6) is 5.75 Å². The van der Waals surface area contributed by atoms with Crippen LogP contribution in [-0.4, -0.2) is 53.6 Å². The number of para-hydroxylation sites is 1. The van der Waals surface area contributed by atoms with Crippen LogP contribution < -0.4 is 28.7 Å². The van der Waals surface area contributed by atoms with Gasteiger partial charge in [0.25, 0.3) is 0 Å². The lowest BCUT2D eigenvalue weighted by Gasteiger charge is -2.32. The number of nitrogens with zero attached hydrogens (tertiary/aromatic N) is 3. The van der Waals surface area contributed by atoms with Gasteiger partial charge in [0.2, 0.25) is 0 Å². The summed E-state index contributed by atoms with van der Waals surface area (Å²) >= 11 is 7.65. The van der Waals surface area contributed by atoms with Crippen LogP contribution >= 0.6 is 24.0 Å². The molecule has 0 atom stereocenters. The van der Waals surface area contributed by atoms with Crippen molar-refractivity contribution < 1.29 is 33.2 Å². The first-order chi connectivity index (χ1) is 13.5. The highest BCUT2D eigenvalue weighted by atomic mass is 127. The molecule has 0 aliphatic rings. The molecule has 1 heterocycles. The maximum atomic E-state index is 5.87. The second-order valence-electron chi connectivity index (χ2n) is 7.07. The number of fused-ring (bicyclic) bond motifs is 1. The van der Waals surface area contributed by atoms with E-state index in [-0.39, 0.29) is 24.0 Å². The van der Waals surface area contributed by atoms with Gasteiger partial charge in [0, 0.05) is 11.1 Å². The van der Waals surface area contributed by atoms with Crippen molar-refractivity contribution in [1.29, 1.82) is 0 Å². The van der Waals surface area contributed by atoms with Crippen molar-refractivity contribution in [3.8, 4) is 11.4 Å². The molecule has 0 saturated carbocycles. The van der Waals surface area contributed by atoms with Crippen molar-refractivity contribution in [3.63, 3.8) is 0 Å². The monoisotopic (exact) mass is 541 g/mol. The third-order valence-electron chi connectivity index (χ3n) is 5.46. The van der Waals surface area contributed by atoms with E-state index < -0.39 is 0 Å². The van der Waals surface area contributed by atoms with E-state index in [4.69, 9.17) is 21.9 Å². The quantitative estimate of drug-likeness (QED) is 0.144. The summed E-state index contributed by atoms with van der Waals surface area (Å²) in [4.78, 5) is 4.95. The molecule has 0 amide bonds. The van der Waals surface area contributed by atoms with Crippen LogP contribution in [0, 0.1) is 4.64 Å². The summed E-state index contributed by atoms with van der Waals surface area (Å²) in [6.45, 7) is 7.87. The first-order valence-electron chi connectivity index (χ1n) is 9.64. The Labute approximate surface area is 199 Å². The number of rotatable bonds is 8. The zero-order chi connectivity index (χ0) is 20.1. The summed E-state index contributed by atoms with van der Waals surface area (Å²) in [6.07, 6.45) is 0. The molecule has 4 nitrogen and oxygen atoms in total. The number of ether oxygens (including phenoxy) is 1. The van der Waals surface area contributed by atoms with Crippen LogP contribution in [0.1, 0.15) is 13.8 Å². The van der Waals surface area contributed by atoms with Crippen LogP contribution in [0.25, 0.3) is 16.6 Å². The average Bonchev–Trinajstić information content (AvgIpc) is 2.74. The van der Waals surface area contributed by atoms with Gasteiger partial charge in [-0.1, -0.05) is 36.1 Å². The smallest absolute Gasteiger partial charge is 0.174 e. The maximum Gasteiger partial charge on any atom is 0.174 e. The Bertz CT molecular complexity index is 1000. The normalized spacial score (nSPS) is 11.3. The molecule has 2 aromatic carbocycles. The zero-order valence-electron chi connectivity index (χ0n) is 17.4. The minimum Gasteiger partial charge on any atom is -1.00 e. The van der Waals surface area contributed by atoms with Crippen molar-refractivity contribution in [1.82, 2.24) is 9.55 Å². The number of methoxy groups -OCH3 is 1. The predicted molar refractivity (Wildman–Crippen MR) is 121 cm³/mol. The topological polar surface area (TPSA) is 27.1 Å². The summed E-state index contributed by atoms with van der Waals surface area (Å²) in [6, 6.07) is 16.1. The van der Waals surface area contributed by atoms with E-state index >= 15 is 0 Å². The Morgan fingerprint density at radius 1 is 1.07 bits per heavy atom. The molecule has 156 valence electrons. The second-order valence-corrected chi connectivity index (χ2v) is 8.52.